The minimum absolute atomic E-state index is 0.279. The molecule has 0 unspecified atom stereocenters. The van der Waals surface area contributed by atoms with E-state index in [1.807, 2.05) is 0 Å². The summed E-state index contributed by atoms with van der Waals surface area (Å²) in [6.07, 6.45) is 5.69. The van der Waals surface area contributed by atoms with E-state index in [-0.39, 0.29) is 5.91 Å². The summed E-state index contributed by atoms with van der Waals surface area (Å²) in [5, 5.41) is 3.03. The highest BCUT2D eigenvalue weighted by molar-refractivity contribution is 5.79. The molecule has 70 valence electrons. The van der Waals surface area contributed by atoms with Crippen LogP contribution in [-0.2, 0) is 4.79 Å². The molecule has 1 atom stereocenters. The third-order valence-electron chi connectivity index (χ3n) is 2.73. The molecule has 0 aliphatic heterocycles. The van der Waals surface area contributed by atoms with Gasteiger partial charge in [-0.25, -0.2) is 0 Å². The van der Waals surface area contributed by atoms with Crippen molar-refractivity contribution in [1.82, 2.24) is 5.32 Å². The van der Waals surface area contributed by atoms with Crippen LogP contribution in [0, 0.1) is 5.92 Å². The van der Waals surface area contributed by atoms with Crippen LogP contribution in [0.15, 0.2) is 0 Å². The van der Waals surface area contributed by atoms with Gasteiger partial charge in [0.2, 0.25) is 5.91 Å². The van der Waals surface area contributed by atoms with Crippen molar-refractivity contribution < 1.29 is 4.79 Å². The molecule has 2 heteroatoms. The van der Waals surface area contributed by atoms with Gasteiger partial charge in [0.15, 0.2) is 0 Å². The number of nitrogens with one attached hydrogen (secondary N) is 1. The Labute approximate surface area is 74.7 Å². The molecular formula is C10H19NO. The highest BCUT2D eigenvalue weighted by Gasteiger charge is 2.22. The van der Waals surface area contributed by atoms with Crippen molar-refractivity contribution in [3.8, 4) is 0 Å². The van der Waals surface area contributed by atoms with Gasteiger partial charge in [0.05, 0.1) is 0 Å². The average Bonchev–Trinajstić information content (AvgIpc) is 2.56. The van der Waals surface area contributed by atoms with Crippen LogP contribution >= 0.6 is 0 Å². The Bertz CT molecular complexity index is 150. The number of hydrogen-bond donors (Lipinski definition) is 1. The zero-order chi connectivity index (χ0) is 8.97. The Balaban J connectivity index is 2.27. The highest BCUT2D eigenvalue weighted by Crippen LogP contribution is 2.24. The Morgan fingerprint density at radius 1 is 1.50 bits per heavy atom. The molecule has 1 aliphatic rings. The minimum Gasteiger partial charge on any atom is -0.353 e. The summed E-state index contributed by atoms with van der Waals surface area (Å²) in [6, 6.07) is 0.345. The lowest BCUT2D eigenvalue weighted by atomic mass is 10.1. The molecule has 0 heterocycles. The van der Waals surface area contributed by atoms with Crippen molar-refractivity contribution in [2.45, 2.75) is 52.0 Å². The molecule has 1 saturated carbocycles. The molecule has 1 N–H and O–H groups in total. The lowest BCUT2D eigenvalue weighted by Crippen LogP contribution is -2.35. The second kappa shape index (κ2) is 4.48. The van der Waals surface area contributed by atoms with Gasteiger partial charge < -0.3 is 5.32 Å². The summed E-state index contributed by atoms with van der Waals surface area (Å²) in [4.78, 5) is 11.5. The van der Waals surface area contributed by atoms with E-state index in [0.717, 1.165) is 19.3 Å². The van der Waals surface area contributed by atoms with Gasteiger partial charge in [0, 0.05) is 12.0 Å². The first-order valence-electron chi connectivity index (χ1n) is 5.04. The fourth-order valence-corrected chi connectivity index (χ4v) is 1.65. The van der Waals surface area contributed by atoms with Gasteiger partial charge in [-0.15, -0.1) is 0 Å². The molecule has 0 saturated heterocycles. The Morgan fingerprint density at radius 3 is 2.58 bits per heavy atom. The van der Waals surface area contributed by atoms with Crippen molar-refractivity contribution in [2.24, 2.45) is 5.92 Å². The van der Waals surface area contributed by atoms with Gasteiger partial charge in [0.25, 0.3) is 0 Å². The van der Waals surface area contributed by atoms with Crippen molar-refractivity contribution in [1.29, 1.82) is 0 Å². The van der Waals surface area contributed by atoms with E-state index >= 15 is 0 Å². The fourth-order valence-electron chi connectivity index (χ4n) is 1.65. The molecular weight excluding hydrogens is 150 g/mol. The van der Waals surface area contributed by atoms with Crippen molar-refractivity contribution >= 4 is 5.91 Å². The lowest BCUT2D eigenvalue weighted by Gasteiger charge is -2.14. The van der Waals surface area contributed by atoms with Crippen LogP contribution in [0.1, 0.15) is 46.0 Å². The van der Waals surface area contributed by atoms with E-state index < -0.39 is 0 Å². The number of carbonyl (C=O) groups excluding carboxylic acids is 1. The monoisotopic (exact) mass is 169 g/mol. The summed E-state index contributed by atoms with van der Waals surface area (Å²) in [5.74, 6) is 0.598. The topological polar surface area (TPSA) is 29.1 Å². The maximum absolute atomic E-state index is 11.5. The normalized spacial score (nSPS) is 20.8. The van der Waals surface area contributed by atoms with E-state index in [1.54, 1.807) is 0 Å². The average molecular weight is 169 g/mol. The molecule has 1 rings (SSSR count). The maximum atomic E-state index is 11.5. The molecule has 0 bridgehead atoms. The molecule has 0 spiro atoms. The molecule has 2 nitrogen and oxygen atoms in total. The molecule has 0 radical (unpaired) electrons. The van der Waals surface area contributed by atoms with Crippen LogP contribution in [0.25, 0.3) is 0 Å². The van der Waals surface area contributed by atoms with Crippen LogP contribution in [0.5, 0.6) is 0 Å². The Kier molecular flexibility index (Phi) is 3.57. The van der Waals surface area contributed by atoms with Crippen molar-refractivity contribution in [3.05, 3.63) is 0 Å². The van der Waals surface area contributed by atoms with Gasteiger partial charge in [0.1, 0.15) is 0 Å². The fraction of sp³-hybridized carbons (Fsp3) is 0.900. The first-order valence-corrected chi connectivity index (χ1v) is 5.04. The zero-order valence-electron chi connectivity index (χ0n) is 8.10. The number of hydrogen-bond acceptors (Lipinski definition) is 1. The number of amides is 1. The smallest absolute Gasteiger partial charge is 0.223 e. The van der Waals surface area contributed by atoms with Gasteiger partial charge in [-0.05, 0) is 26.2 Å². The minimum atomic E-state index is 0.279. The second-order valence-electron chi connectivity index (χ2n) is 3.80. The standard InChI is InChI=1S/C10H19NO/c1-3-8(2)11-10(12)9-6-4-5-7-9/h8-9H,3-7H2,1-2H3,(H,11,12)/t8-/m1/s1. The van der Waals surface area contributed by atoms with Crippen LogP contribution in [0.4, 0.5) is 0 Å². The van der Waals surface area contributed by atoms with E-state index in [9.17, 15) is 4.79 Å². The van der Waals surface area contributed by atoms with Crippen molar-refractivity contribution in [3.63, 3.8) is 0 Å². The largest absolute Gasteiger partial charge is 0.353 e. The molecule has 1 aliphatic carbocycles. The van der Waals surface area contributed by atoms with Crippen LogP contribution in [0.3, 0.4) is 0 Å². The quantitative estimate of drug-likeness (QED) is 0.688. The Morgan fingerprint density at radius 2 is 2.08 bits per heavy atom. The van der Waals surface area contributed by atoms with Crippen LogP contribution in [0.2, 0.25) is 0 Å². The highest BCUT2D eigenvalue weighted by atomic mass is 16.1. The molecule has 12 heavy (non-hydrogen) atoms. The molecule has 1 amide bonds. The molecule has 0 aromatic rings. The SMILES string of the molecule is CC[C@@H](C)NC(=O)C1CCCC1. The lowest BCUT2D eigenvalue weighted by molar-refractivity contribution is -0.125. The molecule has 0 aromatic heterocycles. The van der Waals surface area contributed by atoms with Crippen LogP contribution < -0.4 is 5.32 Å². The van der Waals surface area contributed by atoms with Gasteiger partial charge in [-0.1, -0.05) is 19.8 Å². The third kappa shape index (κ3) is 2.50. The predicted molar refractivity (Wildman–Crippen MR) is 49.9 cm³/mol. The summed E-state index contributed by atoms with van der Waals surface area (Å²) in [7, 11) is 0. The molecule has 1 fully saturated rings. The zero-order valence-corrected chi connectivity index (χ0v) is 8.10. The van der Waals surface area contributed by atoms with Crippen molar-refractivity contribution in [2.75, 3.05) is 0 Å². The number of carbonyl (C=O) groups is 1. The first-order chi connectivity index (χ1) is 5.74. The van der Waals surface area contributed by atoms with E-state index in [2.05, 4.69) is 19.2 Å². The van der Waals surface area contributed by atoms with E-state index in [4.69, 9.17) is 0 Å². The van der Waals surface area contributed by atoms with Gasteiger partial charge in [-0.2, -0.15) is 0 Å². The van der Waals surface area contributed by atoms with E-state index in [0.29, 0.717) is 12.0 Å². The van der Waals surface area contributed by atoms with Gasteiger partial charge in [-0.3, -0.25) is 4.79 Å². The summed E-state index contributed by atoms with van der Waals surface area (Å²) < 4.78 is 0. The second-order valence-corrected chi connectivity index (χ2v) is 3.80. The molecule has 0 aromatic carbocycles. The van der Waals surface area contributed by atoms with Gasteiger partial charge >= 0.3 is 0 Å². The van der Waals surface area contributed by atoms with Crippen LogP contribution in [-0.4, -0.2) is 11.9 Å². The summed E-state index contributed by atoms with van der Waals surface area (Å²) >= 11 is 0. The first kappa shape index (κ1) is 9.56. The van der Waals surface area contributed by atoms with E-state index in [1.165, 1.54) is 12.8 Å². The number of rotatable bonds is 3. The Hall–Kier alpha value is -0.530. The summed E-state index contributed by atoms with van der Waals surface area (Å²) in [6.45, 7) is 4.16. The summed E-state index contributed by atoms with van der Waals surface area (Å²) in [5.41, 5.74) is 0. The third-order valence-corrected chi connectivity index (χ3v) is 2.73. The predicted octanol–water partition coefficient (Wildman–Crippen LogP) is 2.09. The maximum Gasteiger partial charge on any atom is 0.223 e.